The topological polar surface area (TPSA) is 75.7 Å². The van der Waals surface area contributed by atoms with Gasteiger partial charge in [-0.15, -0.1) is 0 Å². The first-order chi connectivity index (χ1) is 14.7. The van der Waals surface area contributed by atoms with Crippen molar-refractivity contribution < 1.29 is 22.3 Å². The Morgan fingerprint density at radius 2 is 2.00 bits per heavy atom. The largest absolute Gasteiger partial charge is 0.492 e. The molecule has 0 spiro atoms. The normalized spacial score (nSPS) is 18.4. The lowest BCUT2D eigenvalue weighted by Gasteiger charge is -2.32. The molecule has 31 heavy (non-hydrogen) atoms. The van der Waals surface area contributed by atoms with E-state index in [1.807, 2.05) is 13.8 Å². The van der Waals surface area contributed by atoms with Gasteiger partial charge >= 0.3 is 0 Å². The van der Waals surface area contributed by atoms with Gasteiger partial charge in [0.15, 0.2) is 0 Å². The van der Waals surface area contributed by atoms with Crippen LogP contribution in [0.15, 0.2) is 47.4 Å². The molecule has 1 aliphatic heterocycles. The first kappa shape index (κ1) is 23.5. The second-order valence-corrected chi connectivity index (χ2v) is 9.85. The van der Waals surface area contributed by atoms with Gasteiger partial charge in [-0.2, -0.15) is 4.31 Å². The standard InChI is InChI=1S/C22H26ClFN2O4S/c1-3-30-21-11-10-19(13-20(21)23)31(28,29)26-12-4-5-17(14-26)22(27)25-15(2)16-6-8-18(24)9-7-16/h6-11,13,15,17H,3-5,12,14H2,1-2H3,(H,25,27)/t15-,17+/m0/s1. The number of benzene rings is 2. The summed E-state index contributed by atoms with van der Waals surface area (Å²) in [6.45, 7) is 4.48. The number of rotatable bonds is 7. The molecular formula is C22H26ClFN2O4S. The maximum Gasteiger partial charge on any atom is 0.243 e. The molecule has 6 nitrogen and oxygen atoms in total. The first-order valence-corrected chi connectivity index (χ1v) is 12.0. The minimum absolute atomic E-state index is 0.0710. The Balaban J connectivity index is 1.69. The Bertz CT molecular complexity index is 1030. The van der Waals surface area contributed by atoms with Crippen molar-refractivity contribution in [1.29, 1.82) is 0 Å². The molecule has 1 fully saturated rings. The monoisotopic (exact) mass is 468 g/mol. The molecule has 3 rings (SSSR count). The maximum atomic E-state index is 13.1. The molecule has 1 aliphatic rings. The average molecular weight is 469 g/mol. The number of nitrogens with one attached hydrogen (secondary N) is 1. The zero-order valence-corrected chi connectivity index (χ0v) is 19.0. The summed E-state index contributed by atoms with van der Waals surface area (Å²) in [5.74, 6) is -0.607. The summed E-state index contributed by atoms with van der Waals surface area (Å²) >= 11 is 6.16. The number of halogens is 2. The predicted molar refractivity (Wildman–Crippen MR) is 117 cm³/mol. The van der Waals surface area contributed by atoms with Crippen molar-refractivity contribution in [3.63, 3.8) is 0 Å². The van der Waals surface area contributed by atoms with Gasteiger partial charge < -0.3 is 10.1 Å². The van der Waals surface area contributed by atoms with Crippen LogP contribution in [-0.4, -0.2) is 38.3 Å². The third kappa shape index (κ3) is 5.56. The van der Waals surface area contributed by atoms with Gasteiger partial charge in [0, 0.05) is 13.1 Å². The van der Waals surface area contributed by atoms with E-state index < -0.39 is 15.9 Å². The zero-order valence-electron chi connectivity index (χ0n) is 17.5. The summed E-state index contributed by atoms with van der Waals surface area (Å²) in [5.41, 5.74) is 0.777. The van der Waals surface area contributed by atoms with Crippen molar-refractivity contribution in [2.45, 2.75) is 37.6 Å². The average Bonchev–Trinajstić information content (AvgIpc) is 2.75. The van der Waals surface area contributed by atoms with Gasteiger partial charge in [-0.05, 0) is 62.6 Å². The van der Waals surface area contributed by atoms with Crippen LogP contribution < -0.4 is 10.1 Å². The van der Waals surface area contributed by atoms with Crippen LogP contribution in [0.5, 0.6) is 5.75 Å². The predicted octanol–water partition coefficient (Wildman–Crippen LogP) is 4.16. The van der Waals surface area contributed by atoms with Crippen molar-refractivity contribution in [2.24, 2.45) is 5.92 Å². The van der Waals surface area contributed by atoms with Gasteiger partial charge in [0.25, 0.3) is 0 Å². The van der Waals surface area contributed by atoms with Gasteiger partial charge in [-0.1, -0.05) is 23.7 Å². The lowest BCUT2D eigenvalue weighted by Crippen LogP contribution is -2.45. The first-order valence-electron chi connectivity index (χ1n) is 10.2. The molecule has 0 aliphatic carbocycles. The van der Waals surface area contributed by atoms with Crippen LogP contribution in [0, 0.1) is 11.7 Å². The van der Waals surface area contributed by atoms with E-state index in [2.05, 4.69) is 5.32 Å². The Kier molecular flexibility index (Phi) is 7.56. The van der Waals surface area contributed by atoms with E-state index in [0.29, 0.717) is 31.7 Å². The molecule has 0 unspecified atom stereocenters. The van der Waals surface area contributed by atoms with E-state index in [-0.39, 0.29) is 34.2 Å². The molecule has 1 saturated heterocycles. The summed E-state index contributed by atoms with van der Waals surface area (Å²) in [5, 5.41) is 3.13. The Morgan fingerprint density at radius 3 is 2.65 bits per heavy atom. The molecule has 0 saturated carbocycles. The Morgan fingerprint density at radius 1 is 1.29 bits per heavy atom. The lowest BCUT2D eigenvalue weighted by molar-refractivity contribution is -0.126. The smallest absolute Gasteiger partial charge is 0.243 e. The van der Waals surface area contributed by atoms with Crippen LogP contribution in [0.2, 0.25) is 5.02 Å². The Hall–Kier alpha value is -2.16. The van der Waals surface area contributed by atoms with Gasteiger partial charge in [0.2, 0.25) is 15.9 Å². The quantitative estimate of drug-likeness (QED) is 0.662. The van der Waals surface area contributed by atoms with E-state index in [1.165, 1.54) is 34.6 Å². The highest BCUT2D eigenvalue weighted by Gasteiger charge is 2.34. The number of piperidine rings is 1. The third-order valence-corrected chi connectivity index (χ3v) is 7.48. The minimum Gasteiger partial charge on any atom is -0.492 e. The Labute approximate surface area is 187 Å². The number of carbonyl (C=O) groups is 1. The minimum atomic E-state index is -3.80. The fourth-order valence-corrected chi connectivity index (χ4v) is 5.45. The number of carbonyl (C=O) groups excluding carboxylic acids is 1. The second-order valence-electron chi connectivity index (χ2n) is 7.51. The highest BCUT2D eigenvalue weighted by molar-refractivity contribution is 7.89. The fraction of sp³-hybridized carbons (Fsp3) is 0.409. The number of nitrogens with zero attached hydrogens (tertiary/aromatic N) is 1. The van der Waals surface area contributed by atoms with Crippen molar-refractivity contribution in [3.05, 3.63) is 58.9 Å². The van der Waals surface area contributed by atoms with Crippen molar-refractivity contribution >= 4 is 27.5 Å². The highest BCUT2D eigenvalue weighted by Crippen LogP contribution is 2.30. The van der Waals surface area contributed by atoms with Crippen molar-refractivity contribution in [2.75, 3.05) is 19.7 Å². The zero-order chi connectivity index (χ0) is 22.6. The molecule has 9 heteroatoms. The fourth-order valence-electron chi connectivity index (χ4n) is 3.60. The van der Waals surface area contributed by atoms with E-state index >= 15 is 0 Å². The molecule has 0 aromatic heterocycles. The highest BCUT2D eigenvalue weighted by atomic mass is 35.5. The molecule has 0 radical (unpaired) electrons. The molecule has 1 heterocycles. The molecule has 2 aromatic rings. The summed E-state index contributed by atoms with van der Waals surface area (Å²) in [4.78, 5) is 12.9. The molecule has 1 amide bonds. The molecule has 2 aromatic carbocycles. The van der Waals surface area contributed by atoms with Crippen LogP contribution >= 0.6 is 11.6 Å². The van der Waals surface area contributed by atoms with Crippen molar-refractivity contribution in [3.8, 4) is 5.75 Å². The van der Waals surface area contributed by atoms with Crippen LogP contribution in [0.25, 0.3) is 0 Å². The van der Waals surface area contributed by atoms with Crippen LogP contribution in [0.4, 0.5) is 4.39 Å². The summed E-state index contributed by atoms with van der Waals surface area (Å²) < 4.78 is 46.0. The van der Waals surface area contributed by atoms with Gasteiger partial charge in [-0.25, -0.2) is 12.8 Å². The number of hydrogen-bond acceptors (Lipinski definition) is 4. The molecular weight excluding hydrogens is 443 g/mol. The number of sulfonamides is 1. The number of ether oxygens (including phenoxy) is 1. The summed E-state index contributed by atoms with van der Waals surface area (Å²) in [6.07, 6.45) is 1.17. The molecule has 168 valence electrons. The number of amides is 1. The summed E-state index contributed by atoms with van der Waals surface area (Å²) in [6, 6.07) is 9.99. The second kappa shape index (κ2) is 9.97. The lowest BCUT2D eigenvalue weighted by atomic mass is 9.98. The van der Waals surface area contributed by atoms with E-state index in [4.69, 9.17) is 16.3 Å². The van der Waals surface area contributed by atoms with Gasteiger partial charge in [0.05, 0.1) is 28.5 Å². The summed E-state index contributed by atoms with van der Waals surface area (Å²) in [7, 11) is -3.80. The van der Waals surface area contributed by atoms with E-state index in [0.717, 1.165) is 5.56 Å². The maximum absolute atomic E-state index is 13.1. The van der Waals surface area contributed by atoms with Crippen LogP contribution in [0.3, 0.4) is 0 Å². The number of hydrogen-bond donors (Lipinski definition) is 1. The molecule has 2 atom stereocenters. The van der Waals surface area contributed by atoms with Crippen LogP contribution in [-0.2, 0) is 14.8 Å². The van der Waals surface area contributed by atoms with Crippen molar-refractivity contribution in [1.82, 2.24) is 9.62 Å². The third-order valence-electron chi connectivity index (χ3n) is 5.32. The van der Waals surface area contributed by atoms with E-state index in [9.17, 15) is 17.6 Å². The molecule has 0 bridgehead atoms. The molecule has 1 N–H and O–H groups in total. The van der Waals surface area contributed by atoms with E-state index in [1.54, 1.807) is 12.1 Å². The van der Waals surface area contributed by atoms with Crippen LogP contribution in [0.1, 0.15) is 38.3 Å². The van der Waals surface area contributed by atoms with Gasteiger partial charge in [-0.3, -0.25) is 4.79 Å². The SMILES string of the molecule is CCOc1ccc(S(=O)(=O)N2CCC[C@@H](C(=O)N[C@@H](C)c3ccc(F)cc3)C2)cc1Cl. The van der Waals surface area contributed by atoms with Gasteiger partial charge in [0.1, 0.15) is 11.6 Å².